The van der Waals surface area contributed by atoms with Gasteiger partial charge < -0.3 is 10.4 Å². The van der Waals surface area contributed by atoms with Gasteiger partial charge in [0.15, 0.2) is 0 Å². The molecule has 0 bridgehead atoms. The lowest BCUT2D eigenvalue weighted by molar-refractivity contribution is -0.385. The maximum atomic E-state index is 10.4. The second-order valence-electron chi connectivity index (χ2n) is 3.35. The first-order valence-electron chi connectivity index (χ1n) is 4.72. The second kappa shape index (κ2) is 5.62. The number of anilines is 1. The van der Waals surface area contributed by atoms with Crippen LogP contribution in [0.25, 0.3) is 0 Å². The fourth-order valence-electron chi connectivity index (χ4n) is 1.06. The zero-order chi connectivity index (χ0) is 12.1. The van der Waals surface area contributed by atoms with Crippen LogP contribution in [0.2, 0.25) is 5.02 Å². The van der Waals surface area contributed by atoms with Gasteiger partial charge in [-0.25, -0.2) is 4.98 Å². The maximum Gasteiger partial charge on any atom is 0.289 e. The van der Waals surface area contributed by atoms with E-state index < -0.39 is 11.0 Å². The molecule has 0 aliphatic heterocycles. The van der Waals surface area contributed by atoms with Crippen LogP contribution in [0.15, 0.2) is 12.3 Å². The van der Waals surface area contributed by atoms with E-state index in [1.165, 1.54) is 6.07 Å². The average Bonchev–Trinajstić information content (AvgIpc) is 2.19. The Morgan fingerprint density at radius 3 is 2.94 bits per heavy atom. The first-order chi connectivity index (χ1) is 7.50. The Bertz CT molecular complexity index is 384. The van der Waals surface area contributed by atoms with Crippen molar-refractivity contribution in [2.24, 2.45) is 0 Å². The summed E-state index contributed by atoms with van der Waals surface area (Å²) in [6.07, 6.45) is 1.27. The Hall–Kier alpha value is -1.40. The van der Waals surface area contributed by atoms with Gasteiger partial charge in [-0.15, -0.1) is 0 Å². The summed E-state index contributed by atoms with van der Waals surface area (Å²) in [4.78, 5) is 13.7. The first-order valence-corrected chi connectivity index (χ1v) is 5.10. The minimum absolute atomic E-state index is 0.147. The van der Waals surface area contributed by atoms with Gasteiger partial charge in [-0.1, -0.05) is 11.6 Å². The van der Waals surface area contributed by atoms with Crippen LogP contribution >= 0.6 is 11.6 Å². The molecule has 0 amide bonds. The largest absolute Gasteiger partial charge is 0.393 e. The molecular formula is C9H12ClN3O3. The van der Waals surface area contributed by atoms with Crippen molar-refractivity contribution >= 4 is 23.1 Å². The molecule has 0 aliphatic carbocycles. The van der Waals surface area contributed by atoms with Crippen LogP contribution in [-0.4, -0.2) is 27.7 Å². The van der Waals surface area contributed by atoms with Crippen LogP contribution in [0.1, 0.15) is 13.3 Å². The standard InChI is InChI=1S/C9H12ClN3O3/c1-6(14)2-3-11-9-8(10)4-7(5-12-9)13(15)16/h4-6,14H,2-3H2,1H3,(H,11,12). The van der Waals surface area contributed by atoms with Gasteiger partial charge >= 0.3 is 0 Å². The van der Waals surface area contributed by atoms with Gasteiger partial charge in [0.1, 0.15) is 12.0 Å². The van der Waals surface area contributed by atoms with Crippen molar-refractivity contribution in [2.75, 3.05) is 11.9 Å². The van der Waals surface area contributed by atoms with Crippen molar-refractivity contribution in [1.82, 2.24) is 4.98 Å². The van der Waals surface area contributed by atoms with E-state index in [2.05, 4.69) is 10.3 Å². The number of hydrogen-bond donors (Lipinski definition) is 2. The van der Waals surface area contributed by atoms with Crippen LogP contribution in [0.5, 0.6) is 0 Å². The number of hydrogen-bond acceptors (Lipinski definition) is 5. The molecule has 0 aliphatic rings. The maximum absolute atomic E-state index is 10.4. The molecule has 2 N–H and O–H groups in total. The van der Waals surface area contributed by atoms with E-state index in [4.69, 9.17) is 16.7 Å². The Morgan fingerprint density at radius 2 is 2.44 bits per heavy atom. The molecule has 7 heteroatoms. The summed E-state index contributed by atoms with van der Waals surface area (Å²) >= 11 is 5.80. The molecule has 0 saturated heterocycles. The molecule has 1 heterocycles. The number of aliphatic hydroxyl groups excluding tert-OH is 1. The normalized spacial score (nSPS) is 12.2. The topological polar surface area (TPSA) is 88.3 Å². The minimum Gasteiger partial charge on any atom is -0.393 e. The molecule has 6 nitrogen and oxygen atoms in total. The quantitative estimate of drug-likeness (QED) is 0.610. The zero-order valence-corrected chi connectivity index (χ0v) is 9.44. The van der Waals surface area contributed by atoms with Gasteiger partial charge in [-0.3, -0.25) is 10.1 Å². The lowest BCUT2D eigenvalue weighted by Gasteiger charge is -2.08. The molecule has 0 aromatic carbocycles. The Kier molecular flexibility index (Phi) is 4.45. The molecule has 0 saturated carbocycles. The molecule has 1 aromatic heterocycles. The van der Waals surface area contributed by atoms with E-state index >= 15 is 0 Å². The molecule has 88 valence electrons. The van der Waals surface area contributed by atoms with Crippen LogP contribution in [0.3, 0.4) is 0 Å². The number of pyridine rings is 1. The lowest BCUT2D eigenvalue weighted by atomic mass is 10.3. The smallest absolute Gasteiger partial charge is 0.289 e. The highest BCUT2D eigenvalue weighted by molar-refractivity contribution is 6.33. The van der Waals surface area contributed by atoms with Gasteiger partial charge in [0, 0.05) is 12.6 Å². The number of nitrogens with zero attached hydrogens (tertiary/aromatic N) is 2. The Morgan fingerprint density at radius 1 is 1.75 bits per heavy atom. The molecule has 0 radical (unpaired) electrons. The van der Waals surface area contributed by atoms with Gasteiger partial charge in [0.25, 0.3) is 5.69 Å². The molecule has 0 fully saturated rings. The van der Waals surface area contributed by atoms with Crippen LogP contribution in [-0.2, 0) is 0 Å². The third-order valence-electron chi connectivity index (χ3n) is 1.89. The van der Waals surface area contributed by atoms with Crippen LogP contribution < -0.4 is 5.32 Å². The van der Waals surface area contributed by atoms with Crippen molar-refractivity contribution < 1.29 is 10.0 Å². The molecule has 1 aromatic rings. The van der Waals surface area contributed by atoms with Crippen LogP contribution in [0, 0.1) is 10.1 Å². The number of nitrogens with one attached hydrogen (secondary N) is 1. The Balaban J connectivity index is 2.64. The lowest BCUT2D eigenvalue weighted by Crippen LogP contribution is -2.10. The van der Waals surface area contributed by atoms with Crippen molar-refractivity contribution in [1.29, 1.82) is 0 Å². The highest BCUT2D eigenvalue weighted by atomic mass is 35.5. The highest BCUT2D eigenvalue weighted by Gasteiger charge is 2.10. The third-order valence-corrected chi connectivity index (χ3v) is 2.18. The van der Waals surface area contributed by atoms with Gasteiger partial charge in [0.05, 0.1) is 16.0 Å². The van der Waals surface area contributed by atoms with E-state index in [9.17, 15) is 10.1 Å². The summed E-state index contributed by atoms with van der Waals surface area (Å²) in [6, 6.07) is 1.24. The van der Waals surface area contributed by atoms with E-state index in [1.807, 2.05) is 0 Å². The predicted octanol–water partition coefficient (Wildman–Crippen LogP) is 1.83. The van der Waals surface area contributed by atoms with Crippen molar-refractivity contribution in [2.45, 2.75) is 19.4 Å². The summed E-state index contributed by atoms with van der Waals surface area (Å²) in [5.74, 6) is 0.382. The van der Waals surface area contributed by atoms with E-state index in [0.29, 0.717) is 18.8 Å². The molecule has 16 heavy (non-hydrogen) atoms. The zero-order valence-electron chi connectivity index (χ0n) is 8.68. The number of aliphatic hydroxyl groups is 1. The van der Waals surface area contributed by atoms with Crippen molar-refractivity contribution in [3.63, 3.8) is 0 Å². The molecule has 1 atom stereocenters. The molecule has 1 unspecified atom stereocenters. The molecular weight excluding hydrogens is 234 g/mol. The average molecular weight is 246 g/mol. The summed E-state index contributed by atoms with van der Waals surface area (Å²) in [5, 5.41) is 22.5. The fraction of sp³-hybridized carbons (Fsp3) is 0.444. The summed E-state index contributed by atoms with van der Waals surface area (Å²) in [6.45, 7) is 2.18. The SMILES string of the molecule is CC(O)CCNc1ncc([N+](=O)[O-])cc1Cl. The van der Waals surface area contributed by atoms with E-state index in [1.54, 1.807) is 6.92 Å². The predicted molar refractivity (Wildman–Crippen MR) is 60.7 cm³/mol. The first kappa shape index (κ1) is 12.7. The second-order valence-corrected chi connectivity index (χ2v) is 3.75. The molecule has 1 rings (SSSR count). The van der Waals surface area contributed by atoms with Gasteiger partial charge in [-0.2, -0.15) is 0 Å². The Labute approximate surface area is 97.4 Å². The van der Waals surface area contributed by atoms with Crippen molar-refractivity contribution in [3.8, 4) is 0 Å². The monoisotopic (exact) mass is 245 g/mol. The van der Waals surface area contributed by atoms with E-state index in [-0.39, 0.29) is 10.7 Å². The number of aromatic nitrogens is 1. The van der Waals surface area contributed by atoms with Crippen molar-refractivity contribution in [3.05, 3.63) is 27.4 Å². The highest BCUT2D eigenvalue weighted by Crippen LogP contribution is 2.23. The number of nitro groups is 1. The number of rotatable bonds is 5. The minimum atomic E-state index is -0.557. The summed E-state index contributed by atoms with van der Waals surface area (Å²) in [7, 11) is 0. The summed E-state index contributed by atoms with van der Waals surface area (Å²) < 4.78 is 0. The molecule has 0 spiro atoms. The van der Waals surface area contributed by atoms with Gasteiger partial charge in [-0.05, 0) is 13.3 Å². The van der Waals surface area contributed by atoms with Gasteiger partial charge in [0.2, 0.25) is 0 Å². The fourth-order valence-corrected chi connectivity index (χ4v) is 1.28. The van der Waals surface area contributed by atoms with Crippen LogP contribution in [0.4, 0.5) is 11.5 Å². The van der Waals surface area contributed by atoms with E-state index in [0.717, 1.165) is 6.20 Å². The third kappa shape index (κ3) is 3.63. The number of halogens is 1. The summed E-state index contributed by atoms with van der Waals surface area (Å²) in [5.41, 5.74) is -0.147.